The summed E-state index contributed by atoms with van der Waals surface area (Å²) in [6.07, 6.45) is 5.62. The molecule has 0 spiro atoms. The van der Waals surface area contributed by atoms with Crippen LogP contribution in [0.1, 0.15) is 57.9 Å². The zero-order valence-electron chi connectivity index (χ0n) is 21.1. The number of nitrogens with zero attached hydrogens (tertiary/aromatic N) is 3. The molecule has 11 heteroatoms. The fraction of sp³-hybridized carbons (Fsp3) is 0.519. The lowest BCUT2D eigenvalue weighted by atomic mass is 10.0. The molecule has 1 aliphatic carbocycles. The summed E-state index contributed by atoms with van der Waals surface area (Å²) in [5, 5.41) is 5.15. The number of fused-ring (bicyclic) bond motifs is 1. The summed E-state index contributed by atoms with van der Waals surface area (Å²) < 4.78 is 34.6. The van der Waals surface area contributed by atoms with Gasteiger partial charge >= 0.3 is 0 Å². The van der Waals surface area contributed by atoms with Gasteiger partial charge in [0.15, 0.2) is 0 Å². The van der Waals surface area contributed by atoms with Crippen molar-refractivity contribution in [3.05, 3.63) is 53.2 Å². The minimum Gasteiger partial charge on any atom is -0.474 e. The van der Waals surface area contributed by atoms with Crippen molar-refractivity contribution in [2.45, 2.75) is 42.6 Å². The predicted octanol–water partition coefficient (Wildman–Crippen LogP) is 2.01. The van der Waals surface area contributed by atoms with Crippen LogP contribution in [0, 0.1) is 11.8 Å². The summed E-state index contributed by atoms with van der Waals surface area (Å²) in [7, 11) is -3.81. The molecule has 2 amide bonds. The zero-order valence-corrected chi connectivity index (χ0v) is 21.9. The van der Waals surface area contributed by atoms with Gasteiger partial charge in [-0.05, 0) is 49.1 Å². The van der Waals surface area contributed by atoms with Crippen molar-refractivity contribution in [1.82, 2.24) is 14.8 Å². The number of primary sulfonamides is 1. The maximum atomic E-state index is 13.4. The Balaban J connectivity index is 1.09. The predicted molar refractivity (Wildman–Crippen MR) is 137 cm³/mol. The SMILES string of the molecule is NS(=O)(=O)c1ccc(C(=O)N2CC3CN(C(=O)c4cnc(OC5CCOCC5)c(C5CC5)c4)C[C@@H]3C2)cc1. The van der Waals surface area contributed by atoms with Crippen LogP contribution in [0.5, 0.6) is 5.88 Å². The molecule has 4 fully saturated rings. The summed E-state index contributed by atoms with van der Waals surface area (Å²) in [4.78, 5) is 34.6. The van der Waals surface area contributed by atoms with Crippen molar-refractivity contribution >= 4 is 21.8 Å². The fourth-order valence-electron chi connectivity index (χ4n) is 5.80. The average molecular weight is 541 g/mol. The zero-order chi connectivity index (χ0) is 26.4. The number of aromatic nitrogens is 1. The summed E-state index contributed by atoms with van der Waals surface area (Å²) in [5.74, 6) is 1.30. The Bertz CT molecular complexity index is 1320. The molecule has 1 aromatic heterocycles. The van der Waals surface area contributed by atoms with E-state index in [4.69, 9.17) is 14.6 Å². The van der Waals surface area contributed by atoms with Crippen LogP contribution in [0.4, 0.5) is 0 Å². The second kappa shape index (κ2) is 9.94. The minimum absolute atomic E-state index is 0.0241. The van der Waals surface area contributed by atoms with E-state index in [1.165, 1.54) is 24.3 Å². The van der Waals surface area contributed by atoms with Crippen LogP contribution in [-0.2, 0) is 14.8 Å². The molecule has 2 atom stereocenters. The van der Waals surface area contributed by atoms with Gasteiger partial charge in [0.1, 0.15) is 6.10 Å². The fourth-order valence-corrected chi connectivity index (χ4v) is 6.32. The Kier molecular flexibility index (Phi) is 6.61. The van der Waals surface area contributed by atoms with Gasteiger partial charge in [-0.25, -0.2) is 18.5 Å². The van der Waals surface area contributed by atoms with Gasteiger partial charge in [0, 0.05) is 68.2 Å². The number of rotatable bonds is 6. The van der Waals surface area contributed by atoms with Gasteiger partial charge in [0.05, 0.1) is 23.7 Å². The Hall–Kier alpha value is -3.02. The van der Waals surface area contributed by atoms with E-state index in [-0.39, 0.29) is 34.6 Å². The molecule has 38 heavy (non-hydrogen) atoms. The molecule has 3 saturated heterocycles. The smallest absolute Gasteiger partial charge is 0.255 e. The topological polar surface area (TPSA) is 132 Å². The lowest BCUT2D eigenvalue weighted by Crippen LogP contribution is -2.35. The maximum absolute atomic E-state index is 13.4. The van der Waals surface area contributed by atoms with Gasteiger partial charge in [0.2, 0.25) is 15.9 Å². The molecule has 1 aromatic carbocycles. The Labute approximate surface area is 222 Å². The van der Waals surface area contributed by atoms with Crippen molar-refractivity contribution in [3.63, 3.8) is 0 Å². The van der Waals surface area contributed by atoms with Gasteiger partial charge in [-0.3, -0.25) is 9.59 Å². The van der Waals surface area contributed by atoms with Gasteiger partial charge in [-0.2, -0.15) is 0 Å². The third kappa shape index (κ3) is 5.14. The first-order valence-electron chi connectivity index (χ1n) is 13.2. The highest BCUT2D eigenvalue weighted by atomic mass is 32.2. The van der Waals surface area contributed by atoms with Crippen LogP contribution >= 0.6 is 0 Å². The van der Waals surface area contributed by atoms with Crippen LogP contribution in [0.15, 0.2) is 41.4 Å². The molecule has 4 heterocycles. The van der Waals surface area contributed by atoms with Gasteiger partial charge in [-0.1, -0.05) is 0 Å². The minimum atomic E-state index is -3.81. The standard InChI is InChI=1S/C27H32N4O6S/c28-38(34,35)23-5-3-18(4-6-23)26(32)30-13-20-15-31(16-21(20)14-30)27(33)19-11-24(17-1-2-17)25(29-12-19)37-22-7-9-36-10-8-22/h3-6,11-12,17,20-22H,1-2,7-10,13-16H2,(H2,28,34,35)/t20-,21?/m0/s1. The molecular formula is C27H32N4O6S. The third-order valence-corrected chi connectivity index (χ3v) is 9.01. The number of nitrogens with two attached hydrogens (primary N) is 1. The maximum Gasteiger partial charge on any atom is 0.255 e. The third-order valence-electron chi connectivity index (χ3n) is 8.08. The monoisotopic (exact) mass is 540 g/mol. The number of hydrogen-bond donors (Lipinski definition) is 1. The summed E-state index contributed by atoms with van der Waals surface area (Å²) >= 11 is 0. The highest BCUT2D eigenvalue weighted by Gasteiger charge is 2.43. The van der Waals surface area contributed by atoms with E-state index in [1.54, 1.807) is 11.1 Å². The normalized spacial score (nSPS) is 23.9. The largest absolute Gasteiger partial charge is 0.474 e. The van der Waals surface area contributed by atoms with Crippen molar-refractivity contribution < 1.29 is 27.5 Å². The molecule has 1 saturated carbocycles. The van der Waals surface area contributed by atoms with Gasteiger partial charge < -0.3 is 19.3 Å². The molecular weight excluding hydrogens is 508 g/mol. The highest BCUT2D eigenvalue weighted by Crippen LogP contribution is 2.44. The highest BCUT2D eigenvalue weighted by molar-refractivity contribution is 7.89. The second-order valence-electron chi connectivity index (χ2n) is 10.8. The lowest BCUT2D eigenvalue weighted by molar-refractivity contribution is 0.0233. The number of amides is 2. The van der Waals surface area contributed by atoms with Crippen LogP contribution in [0.25, 0.3) is 0 Å². The number of benzene rings is 1. The van der Waals surface area contributed by atoms with E-state index in [1.807, 2.05) is 11.0 Å². The molecule has 6 rings (SSSR count). The molecule has 1 unspecified atom stereocenters. The first kappa shape index (κ1) is 25.3. The van der Waals surface area contributed by atoms with Crippen molar-refractivity contribution in [2.24, 2.45) is 17.0 Å². The quantitative estimate of drug-likeness (QED) is 0.593. The van der Waals surface area contributed by atoms with Crippen molar-refractivity contribution in [1.29, 1.82) is 0 Å². The van der Waals surface area contributed by atoms with E-state index >= 15 is 0 Å². The lowest BCUT2D eigenvalue weighted by Gasteiger charge is -2.24. The van der Waals surface area contributed by atoms with Crippen LogP contribution in [0.2, 0.25) is 0 Å². The van der Waals surface area contributed by atoms with Crippen LogP contribution in [0.3, 0.4) is 0 Å². The van der Waals surface area contributed by atoms with Crippen LogP contribution in [-0.4, -0.2) is 80.5 Å². The Morgan fingerprint density at radius 1 is 0.895 bits per heavy atom. The second-order valence-corrected chi connectivity index (χ2v) is 12.4. The first-order valence-corrected chi connectivity index (χ1v) is 14.8. The molecule has 2 N–H and O–H groups in total. The molecule has 10 nitrogen and oxygen atoms in total. The molecule has 0 radical (unpaired) electrons. The van der Waals surface area contributed by atoms with Crippen molar-refractivity contribution in [3.8, 4) is 5.88 Å². The summed E-state index contributed by atoms with van der Waals surface area (Å²) in [6, 6.07) is 7.65. The number of hydrogen-bond acceptors (Lipinski definition) is 7. The molecule has 0 bridgehead atoms. The number of sulfonamides is 1. The van der Waals surface area contributed by atoms with Crippen molar-refractivity contribution in [2.75, 3.05) is 39.4 Å². The number of carbonyl (C=O) groups is 2. The molecule has 202 valence electrons. The molecule has 2 aromatic rings. The molecule has 3 aliphatic heterocycles. The van der Waals surface area contributed by atoms with E-state index < -0.39 is 10.0 Å². The van der Waals surface area contributed by atoms with Gasteiger partial charge in [-0.15, -0.1) is 0 Å². The number of likely N-dealkylation sites (tertiary alicyclic amines) is 2. The summed E-state index contributed by atoms with van der Waals surface area (Å²) in [5.41, 5.74) is 2.05. The van der Waals surface area contributed by atoms with E-state index in [0.29, 0.717) is 62.3 Å². The first-order chi connectivity index (χ1) is 18.3. The average Bonchev–Trinajstić information content (AvgIpc) is 3.57. The van der Waals surface area contributed by atoms with Gasteiger partial charge in [0.25, 0.3) is 11.8 Å². The van der Waals surface area contributed by atoms with E-state index in [0.717, 1.165) is 31.2 Å². The number of pyridine rings is 1. The van der Waals surface area contributed by atoms with E-state index in [9.17, 15) is 18.0 Å². The number of ether oxygens (including phenoxy) is 2. The van der Waals surface area contributed by atoms with E-state index in [2.05, 4.69) is 4.98 Å². The number of carbonyl (C=O) groups excluding carboxylic acids is 2. The van der Waals surface area contributed by atoms with Crippen LogP contribution < -0.4 is 9.88 Å². The Morgan fingerprint density at radius 3 is 2.03 bits per heavy atom. The summed E-state index contributed by atoms with van der Waals surface area (Å²) in [6.45, 7) is 3.71. The molecule has 4 aliphatic rings. The Morgan fingerprint density at radius 2 is 1.47 bits per heavy atom.